The highest BCUT2D eigenvalue weighted by Gasteiger charge is 2.16. The number of hydrogen-bond donors (Lipinski definition) is 0. The Morgan fingerprint density at radius 3 is 1.31 bits per heavy atom. The fraction of sp³-hybridized carbons (Fsp3) is 0.132. The average Bonchev–Trinajstić information content (AvgIpc) is 3.16. The summed E-state index contributed by atoms with van der Waals surface area (Å²) in [6.45, 7) is 15.3. The van der Waals surface area contributed by atoms with E-state index in [1.807, 2.05) is 0 Å². The van der Waals surface area contributed by atoms with Crippen LogP contribution in [-0.4, -0.2) is 0 Å². The zero-order chi connectivity index (χ0) is 37.8. The van der Waals surface area contributed by atoms with Gasteiger partial charge in [-0.05, 0) is 152 Å². The molecule has 266 valence electrons. The van der Waals surface area contributed by atoms with E-state index in [-0.39, 0.29) is 0 Å². The van der Waals surface area contributed by atoms with Gasteiger partial charge in [-0.1, -0.05) is 150 Å². The Bertz CT molecular complexity index is 2440. The molecule has 1 nitrogen and oxygen atoms in total. The van der Waals surface area contributed by atoms with Gasteiger partial charge in [0.2, 0.25) is 0 Å². The number of anilines is 3. The van der Waals surface area contributed by atoms with E-state index in [0.717, 1.165) is 22.5 Å². The highest BCUT2D eigenvalue weighted by Crippen LogP contribution is 2.38. The molecule has 1 heteroatoms. The molecule has 0 fully saturated rings. The largest absolute Gasteiger partial charge is 0.310 e. The fourth-order valence-corrected chi connectivity index (χ4v) is 7.39. The van der Waals surface area contributed by atoms with Gasteiger partial charge in [-0.2, -0.15) is 0 Å². The van der Waals surface area contributed by atoms with E-state index in [4.69, 9.17) is 0 Å². The van der Waals surface area contributed by atoms with E-state index in [9.17, 15) is 0 Å². The van der Waals surface area contributed by atoms with Crippen LogP contribution in [0, 0.1) is 48.5 Å². The monoisotopic (exact) mass is 699 g/mol. The van der Waals surface area contributed by atoms with Crippen molar-refractivity contribution in [1.82, 2.24) is 0 Å². The lowest BCUT2D eigenvalue weighted by Crippen LogP contribution is -2.11. The Hall–Kier alpha value is -6.18. The molecular weight excluding hydrogens is 651 g/mol. The molecule has 0 atom stereocenters. The zero-order valence-corrected chi connectivity index (χ0v) is 32.6. The second-order valence-electron chi connectivity index (χ2n) is 14.8. The van der Waals surface area contributed by atoms with Crippen LogP contribution in [0.5, 0.6) is 0 Å². The van der Waals surface area contributed by atoms with Gasteiger partial charge < -0.3 is 4.90 Å². The summed E-state index contributed by atoms with van der Waals surface area (Å²) < 4.78 is 0. The van der Waals surface area contributed by atoms with E-state index in [2.05, 4.69) is 223 Å². The van der Waals surface area contributed by atoms with Gasteiger partial charge in [-0.25, -0.2) is 0 Å². The zero-order valence-electron chi connectivity index (χ0n) is 32.6. The molecule has 0 aliphatic heterocycles. The van der Waals surface area contributed by atoms with Crippen molar-refractivity contribution in [3.63, 3.8) is 0 Å². The standard InChI is InChI=1S/C53H49N/c1-36-12-8-16-45(31-36)51(46-17-9-13-37(2)32-46)34-43-21-25-48(26-22-43)54(53-29-20-39(4)30-41(53)6)49-27-23-44(24-28-49)35-52(47-18-10-14-38(3)33-47)50-19-11-15-40(5)42(50)7/h8-35H,1-7H3. The predicted octanol–water partition coefficient (Wildman–Crippen LogP) is 14.5. The normalized spacial score (nSPS) is 11.4. The first kappa shape index (κ1) is 36.2. The smallest absolute Gasteiger partial charge is 0.0490 e. The SMILES string of the molecule is Cc1cccc(C(=Cc2ccc(N(c3ccc(C=C(c4cccc(C)c4)c4cccc(C)c4C)cc3)c3ccc(C)cc3C)cc2)c2cccc(C)c2)c1. The molecular formula is C53H49N. The van der Waals surface area contributed by atoms with Crippen LogP contribution in [0.15, 0.2) is 158 Å². The third-order valence-electron chi connectivity index (χ3n) is 10.4. The van der Waals surface area contributed by atoms with Crippen molar-refractivity contribution in [2.75, 3.05) is 4.90 Å². The Morgan fingerprint density at radius 1 is 0.389 bits per heavy atom. The van der Waals surface area contributed by atoms with Gasteiger partial charge >= 0.3 is 0 Å². The number of hydrogen-bond acceptors (Lipinski definition) is 1. The van der Waals surface area contributed by atoms with Gasteiger partial charge in [0.25, 0.3) is 0 Å². The first-order valence-corrected chi connectivity index (χ1v) is 18.9. The molecule has 0 unspecified atom stereocenters. The second-order valence-corrected chi connectivity index (χ2v) is 14.8. The number of aryl methyl sites for hydroxylation is 6. The predicted molar refractivity (Wildman–Crippen MR) is 234 cm³/mol. The van der Waals surface area contributed by atoms with Gasteiger partial charge in [0.1, 0.15) is 0 Å². The Balaban J connectivity index is 1.29. The Kier molecular flexibility index (Phi) is 10.6. The second kappa shape index (κ2) is 15.8. The highest BCUT2D eigenvalue weighted by atomic mass is 15.1. The average molecular weight is 700 g/mol. The van der Waals surface area contributed by atoms with Crippen molar-refractivity contribution in [1.29, 1.82) is 0 Å². The van der Waals surface area contributed by atoms with Crippen molar-refractivity contribution in [2.24, 2.45) is 0 Å². The number of benzene rings is 7. The molecule has 54 heavy (non-hydrogen) atoms. The summed E-state index contributed by atoms with van der Waals surface area (Å²) in [5, 5.41) is 0. The van der Waals surface area contributed by atoms with Crippen molar-refractivity contribution in [3.05, 3.63) is 230 Å². The van der Waals surface area contributed by atoms with Gasteiger partial charge in [0.05, 0.1) is 0 Å². The maximum Gasteiger partial charge on any atom is 0.0490 e. The first-order chi connectivity index (χ1) is 26.1. The van der Waals surface area contributed by atoms with Gasteiger partial charge in [-0.3, -0.25) is 0 Å². The summed E-state index contributed by atoms with van der Waals surface area (Å²) in [5.41, 5.74) is 22.0. The molecule has 0 saturated carbocycles. The topological polar surface area (TPSA) is 3.24 Å². The lowest BCUT2D eigenvalue weighted by molar-refractivity contribution is 1.24. The summed E-state index contributed by atoms with van der Waals surface area (Å²) in [4.78, 5) is 2.38. The van der Waals surface area contributed by atoms with Crippen LogP contribution in [0.3, 0.4) is 0 Å². The molecule has 7 aromatic rings. The summed E-state index contributed by atoms with van der Waals surface area (Å²) >= 11 is 0. The van der Waals surface area contributed by atoms with Crippen LogP contribution < -0.4 is 4.90 Å². The molecule has 0 spiro atoms. The van der Waals surface area contributed by atoms with Crippen LogP contribution >= 0.6 is 0 Å². The summed E-state index contributed by atoms with van der Waals surface area (Å²) in [7, 11) is 0. The third kappa shape index (κ3) is 8.07. The first-order valence-electron chi connectivity index (χ1n) is 18.9. The fourth-order valence-electron chi connectivity index (χ4n) is 7.39. The van der Waals surface area contributed by atoms with Crippen LogP contribution in [0.25, 0.3) is 23.3 Å². The Labute approximate surface area is 322 Å². The minimum absolute atomic E-state index is 1.12. The molecule has 0 radical (unpaired) electrons. The number of rotatable bonds is 9. The van der Waals surface area contributed by atoms with Crippen molar-refractivity contribution < 1.29 is 0 Å². The Morgan fingerprint density at radius 2 is 0.833 bits per heavy atom. The highest BCUT2D eigenvalue weighted by molar-refractivity contribution is 5.94. The summed E-state index contributed by atoms with van der Waals surface area (Å²) in [6, 6.07) is 57.7. The quantitative estimate of drug-likeness (QED) is 0.136. The van der Waals surface area contributed by atoms with Crippen molar-refractivity contribution in [3.8, 4) is 0 Å². The van der Waals surface area contributed by atoms with E-state index in [0.29, 0.717) is 0 Å². The van der Waals surface area contributed by atoms with Crippen molar-refractivity contribution >= 4 is 40.4 Å². The molecule has 0 amide bonds. The molecule has 7 aromatic carbocycles. The molecule has 0 saturated heterocycles. The lowest BCUT2D eigenvalue weighted by atomic mass is 9.90. The minimum atomic E-state index is 1.12. The number of nitrogens with zero attached hydrogens (tertiary/aromatic N) is 1. The van der Waals surface area contributed by atoms with E-state index in [1.165, 1.54) is 78.0 Å². The molecule has 7 rings (SSSR count). The maximum atomic E-state index is 2.38. The van der Waals surface area contributed by atoms with E-state index < -0.39 is 0 Å². The molecule has 0 N–H and O–H groups in total. The van der Waals surface area contributed by atoms with Crippen LogP contribution in [0.1, 0.15) is 72.3 Å². The summed E-state index contributed by atoms with van der Waals surface area (Å²) in [6.07, 6.45) is 4.65. The van der Waals surface area contributed by atoms with Gasteiger partial charge in [-0.15, -0.1) is 0 Å². The molecule has 0 aliphatic rings. The van der Waals surface area contributed by atoms with Gasteiger partial charge in [0, 0.05) is 17.1 Å². The maximum absolute atomic E-state index is 2.38. The lowest BCUT2D eigenvalue weighted by Gasteiger charge is -2.27. The molecule has 0 aromatic heterocycles. The third-order valence-corrected chi connectivity index (χ3v) is 10.4. The van der Waals surface area contributed by atoms with Crippen LogP contribution in [0.4, 0.5) is 17.1 Å². The summed E-state index contributed by atoms with van der Waals surface area (Å²) in [5.74, 6) is 0. The van der Waals surface area contributed by atoms with E-state index >= 15 is 0 Å². The molecule has 0 bridgehead atoms. The van der Waals surface area contributed by atoms with Crippen LogP contribution in [-0.2, 0) is 0 Å². The molecule has 0 aliphatic carbocycles. The minimum Gasteiger partial charge on any atom is -0.310 e. The van der Waals surface area contributed by atoms with E-state index in [1.54, 1.807) is 0 Å². The van der Waals surface area contributed by atoms with Gasteiger partial charge in [0.15, 0.2) is 0 Å². The van der Waals surface area contributed by atoms with Crippen LogP contribution in [0.2, 0.25) is 0 Å². The van der Waals surface area contributed by atoms with Crippen molar-refractivity contribution in [2.45, 2.75) is 48.5 Å². The molecule has 0 heterocycles.